The Labute approximate surface area is 526 Å². The zero-order valence-corrected chi connectivity index (χ0v) is 58.4. The van der Waals surface area contributed by atoms with Crippen LogP contribution < -0.4 is 28.7 Å². The highest BCUT2D eigenvalue weighted by Gasteiger charge is 2.38. The number of anilines is 2. The summed E-state index contributed by atoms with van der Waals surface area (Å²) in [6.07, 6.45) is 5.49. The number of hydrogen-bond acceptors (Lipinski definition) is 18. The maximum absolute atomic E-state index is 15.9. The van der Waals surface area contributed by atoms with E-state index in [9.17, 15) is 76.8 Å². The second-order valence-electron chi connectivity index (χ2n) is 25.2. The number of nitrogens with zero attached hydrogens (tertiary/aromatic N) is 5. The lowest BCUT2D eigenvalue weighted by Gasteiger charge is -2.34. The second kappa shape index (κ2) is 31.3. The van der Waals surface area contributed by atoms with Crippen molar-refractivity contribution < 1.29 is 109 Å². The van der Waals surface area contributed by atoms with Gasteiger partial charge in [0, 0.05) is 67.2 Å². The summed E-state index contributed by atoms with van der Waals surface area (Å²) in [4.78, 5) is -1.83. The minimum atomic E-state index is -5.53. The first-order chi connectivity index (χ1) is 39.0. The van der Waals surface area contributed by atoms with E-state index in [2.05, 4.69) is 17.1 Å². The first kappa shape index (κ1) is 85.0. The highest BCUT2D eigenvalue weighted by Crippen LogP contribution is 2.48. The normalized spacial score (nSPS) is 14.8. The highest BCUT2D eigenvalue weighted by atomic mass is 32.3. The zero-order chi connectivity index (χ0) is 67.4. The van der Waals surface area contributed by atoms with Gasteiger partial charge in [-0.1, -0.05) is 83.1 Å². The summed E-state index contributed by atoms with van der Waals surface area (Å²) in [5.74, 6) is -20.7. The lowest BCUT2D eigenvalue weighted by atomic mass is 9.98. The number of benzene rings is 3. The molecule has 2 saturated heterocycles. The van der Waals surface area contributed by atoms with Crippen molar-refractivity contribution in [1.29, 1.82) is 0 Å². The van der Waals surface area contributed by atoms with Gasteiger partial charge >= 0.3 is 0 Å². The van der Waals surface area contributed by atoms with Gasteiger partial charge < -0.3 is 41.1 Å². The number of sulfonamides is 6. The Hall–Kier alpha value is -4.98. The molecule has 0 bridgehead atoms. The molecule has 0 saturated carbocycles. The van der Waals surface area contributed by atoms with E-state index in [0.717, 1.165) is 12.8 Å². The first-order valence-electron chi connectivity index (χ1n) is 26.2. The van der Waals surface area contributed by atoms with Crippen molar-refractivity contribution >= 4 is 71.5 Å². The predicted octanol–water partition coefficient (Wildman–Crippen LogP) is 12.4. The van der Waals surface area contributed by atoms with Gasteiger partial charge in [0.05, 0.1) is 67.9 Å². The van der Waals surface area contributed by atoms with E-state index in [4.69, 9.17) is 14.2 Å². The van der Waals surface area contributed by atoms with Gasteiger partial charge in [0.15, 0.2) is 52.1 Å². The standard InChI is InChI=1S/C22H35F2N2O6S2.C17H24F3N2O5S2.C12H14F4NO5S2.3CH3/c1-21(2,3)13-31-18-15(23)17(26-11-9-8-10-12-26)20(34(29,30)25-33(7,27)28)19(16(18)24)32-14-22(4,5)6;1-17(2,3)10-27-15-11(18)12(19)16(29(25,26)21-28(4,23)24)14(13(15)20)22-8-6-5-7-9-22;1-12(2,3)5-22-10-6(13)8(15)11(9(16)7(10)14)24(20,21)17-23(4,18)19;;;/h8-14H2,1-7H3;5-10H2,1-4H3;5H2,1-4H3;3*1H3/q3*-1;3*+1. The summed E-state index contributed by atoms with van der Waals surface area (Å²) in [7, 11) is -29.3. The third kappa shape index (κ3) is 24.5. The summed E-state index contributed by atoms with van der Waals surface area (Å²) >= 11 is 0. The van der Waals surface area contributed by atoms with Crippen LogP contribution in [0, 0.1) is 96.3 Å². The Bertz CT molecular complexity index is 3690. The Morgan fingerprint density at radius 3 is 0.822 bits per heavy atom. The molecule has 2 fully saturated rings. The fraction of sp³-hybridized carbons (Fsp3) is 0.611. The molecule has 2 aliphatic heterocycles. The summed E-state index contributed by atoms with van der Waals surface area (Å²) < 4.78 is 303. The zero-order valence-electron chi connectivity index (χ0n) is 53.5. The van der Waals surface area contributed by atoms with Crippen molar-refractivity contribution in [3.8, 4) is 23.0 Å². The monoisotopic (exact) mass is 1420 g/mol. The van der Waals surface area contributed by atoms with Crippen molar-refractivity contribution in [1.82, 2.24) is 0 Å². The van der Waals surface area contributed by atoms with Gasteiger partial charge in [-0.3, -0.25) is 0 Å². The lowest BCUT2D eigenvalue weighted by Crippen LogP contribution is -2.32. The third-order valence-corrected chi connectivity index (χ3v) is 19.3. The molecule has 36 heteroatoms. The van der Waals surface area contributed by atoms with Crippen molar-refractivity contribution in [2.45, 2.75) is 136 Å². The van der Waals surface area contributed by atoms with Gasteiger partial charge in [0.2, 0.25) is 23.3 Å². The summed E-state index contributed by atoms with van der Waals surface area (Å²) in [6, 6.07) is 0. The molecule has 2 aliphatic rings. The fourth-order valence-corrected chi connectivity index (χ4v) is 15.1. The van der Waals surface area contributed by atoms with E-state index in [-0.39, 0.29) is 61.8 Å². The van der Waals surface area contributed by atoms with Crippen LogP contribution in [-0.4, -0.2) is 122 Å². The molecule has 3 aromatic carbocycles. The minimum Gasteiger partial charge on any atom is -0.488 e. The molecule has 0 N–H and O–H groups in total. The number of hydrogen-bond donors (Lipinski definition) is 0. The van der Waals surface area contributed by atoms with Gasteiger partial charge in [-0.25, -0.2) is 72.5 Å². The van der Waals surface area contributed by atoms with Crippen LogP contribution >= 0.6 is 0 Å². The summed E-state index contributed by atoms with van der Waals surface area (Å²) in [5, 5.41) is 0. The van der Waals surface area contributed by atoms with E-state index in [1.54, 1.807) is 62.3 Å². The fourth-order valence-electron chi connectivity index (χ4n) is 7.62. The second-order valence-corrected chi connectivity index (χ2v) is 35.4. The smallest absolute Gasteiger partial charge is 0.211 e. The molecule has 0 amide bonds. The predicted molar refractivity (Wildman–Crippen MR) is 326 cm³/mol. The Morgan fingerprint density at radius 1 is 0.322 bits per heavy atom. The lowest BCUT2D eigenvalue weighted by molar-refractivity contribution is 0.168. The average molecular weight is 1420 g/mol. The topological polar surface area (TPSA) is 291 Å². The van der Waals surface area contributed by atoms with Crippen LogP contribution in [0.3, 0.4) is 0 Å². The highest BCUT2D eigenvalue weighted by molar-refractivity contribution is 8.13. The number of ether oxygens (including phenoxy) is 4. The molecule has 0 unspecified atom stereocenters. The van der Waals surface area contributed by atoms with Crippen molar-refractivity contribution in [2.75, 3.05) is 81.2 Å². The van der Waals surface area contributed by atoms with Crippen molar-refractivity contribution in [3.63, 3.8) is 0 Å². The molecule has 90 heavy (non-hydrogen) atoms. The summed E-state index contributed by atoms with van der Waals surface area (Å²) in [5.41, 5.74) is -3.36. The van der Waals surface area contributed by atoms with E-state index in [1.165, 1.54) is 9.80 Å². The molecular formula is C54H82F9N5O16S6. The van der Waals surface area contributed by atoms with Crippen LogP contribution in [0.4, 0.5) is 50.9 Å². The number of piperidine rings is 2. The van der Waals surface area contributed by atoms with Gasteiger partial charge in [0.1, 0.15) is 44.8 Å². The van der Waals surface area contributed by atoms with Gasteiger partial charge in [-0.2, -0.15) is 17.6 Å². The maximum atomic E-state index is 15.9. The van der Waals surface area contributed by atoms with E-state index in [1.807, 2.05) is 20.8 Å². The van der Waals surface area contributed by atoms with E-state index >= 15 is 13.2 Å². The SMILES string of the molecule is CC(C)(C)COc1c(F)c(F)c(S(=O)(=O)[N-]S(C)(=O)=O)c(F)c1F.CC(C)(C)COc1c(F)c(F)c(S(=O)(=O)[N-]S(C)(=O)=O)c(N2CCCCC2)c1F.CC(C)(C)COc1c(F)c(OCC(C)(C)C)c(S(=O)(=O)[N-]S(C)(=O)=O)c(N2CCCCC2)c1F.[CH3+].[CH3+].[CH3+]. The molecule has 3 aromatic rings. The Morgan fingerprint density at radius 2 is 0.544 bits per heavy atom. The van der Waals surface area contributed by atoms with Gasteiger partial charge in [0.25, 0.3) is 0 Å². The van der Waals surface area contributed by atoms with Crippen LogP contribution in [0.15, 0.2) is 14.7 Å². The first-order valence-corrected chi connectivity index (χ1v) is 36.1. The van der Waals surface area contributed by atoms with Crippen LogP contribution in [0.2, 0.25) is 0 Å². The number of rotatable bonds is 19. The van der Waals surface area contributed by atoms with Crippen LogP contribution in [0.25, 0.3) is 12.4 Å². The quantitative estimate of drug-likeness (QED) is 0.0612. The van der Waals surface area contributed by atoms with Crippen molar-refractivity contribution in [3.05, 3.63) is 87.0 Å². The molecule has 0 aliphatic carbocycles. The average Bonchev–Trinajstić information content (AvgIpc) is 3.47. The molecule has 0 atom stereocenters. The molecule has 2 heterocycles. The minimum absolute atomic E-state index is 0. The van der Waals surface area contributed by atoms with Crippen LogP contribution in [-0.2, 0) is 60.1 Å². The van der Waals surface area contributed by atoms with Crippen LogP contribution in [0.1, 0.15) is 122 Å². The molecule has 0 radical (unpaired) electrons. The molecule has 0 aromatic heterocycles. The summed E-state index contributed by atoms with van der Waals surface area (Å²) in [6.45, 7) is 21.1. The largest absolute Gasteiger partial charge is 0.488 e. The maximum Gasteiger partial charge on any atom is 0.211 e. The van der Waals surface area contributed by atoms with Crippen LogP contribution in [0.5, 0.6) is 23.0 Å². The third-order valence-electron chi connectivity index (χ3n) is 11.0. The molecule has 518 valence electrons. The molecule has 21 nitrogen and oxygen atoms in total. The molecule has 5 rings (SSSR count). The molecule has 0 spiro atoms. The Balaban J connectivity index is 0.00000132. The molecular weight excluding hydrogens is 1340 g/mol. The number of halogens is 9. The van der Waals surface area contributed by atoms with E-state index < -0.39 is 183 Å². The van der Waals surface area contributed by atoms with Crippen molar-refractivity contribution in [2.24, 2.45) is 21.7 Å². The van der Waals surface area contributed by atoms with Gasteiger partial charge in [-0.15, -0.1) is 0 Å². The Kier molecular flexibility index (Phi) is 29.6. The van der Waals surface area contributed by atoms with Gasteiger partial charge in [-0.05, 0) is 60.2 Å². The van der Waals surface area contributed by atoms with E-state index in [0.29, 0.717) is 57.5 Å².